The highest BCUT2D eigenvalue weighted by atomic mass is 16.6. The quantitative estimate of drug-likeness (QED) is 0.0261. The van der Waals surface area contributed by atoms with Gasteiger partial charge in [-0.15, -0.1) is 0 Å². The lowest BCUT2D eigenvalue weighted by molar-refractivity contribution is -0.167. The Labute approximate surface area is 465 Å². The summed E-state index contributed by atoms with van der Waals surface area (Å²) in [6, 6.07) is 0. The Bertz CT molecular complexity index is 1430. The maximum absolute atomic E-state index is 12.9. The van der Waals surface area contributed by atoms with E-state index in [9.17, 15) is 14.4 Å². The largest absolute Gasteiger partial charge is 0.462 e. The normalized spacial score (nSPS) is 12.6. The lowest BCUT2D eigenvalue weighted by Gasteiger charge is -2.18. The predicted octanol–water partition coefficient (Wildman–Crippen LogP) is 21.9. The lowest BCUT2D eigenvalue weighted by atomic mass is 10.0. The minimum absolute atomic E-state index is 0.107. The van der Waals surface area contributed by atoms with Crippen molar-refractivity contribution in [1.82, 2.24) is 0 Å². The molecule has 1 atom stereocenters. The first-order valence-electron chi connectivity index (χ1n) is 32.1. The minimum Gasteiger partial charge on any atom is -0.462 e. The molecule has 75 heavy (non-hydrogen) atoms. The van der Waals surface area contributed by atoms with Gasteiger partial charge < -0.3 is 14.2 Å². The van der Waals surface area contributed by atoms with E-state index in [0.29, 0.717) is 19.3 Å². The summed E-state index contributed by atoms with van der Waals surface area (Å²) in [6.07, 6.45) is 83.1. The third-order valence-electron chi connectivity index (χ3n) is 13.9. The molecule has 0 N–H and O–H groups in total. The second kappa shape index (κ2) is 63.1. The molecule has 0 rings (SSSR count). The van der Waals surface area contributed by atoms with Gasteiger partial charge in [0.2, 0.25) is 0 Å². The van der Waals surface area contributed by atoms with Crippen LogP contribution in [0.25, 0.3) is 0 Å². The van der Waals surface area contributed by atoms with Crippen LogP contribution in [0.15, 0.2) is 85.1 Å². The Kier molecular flexibility index (Phi) is 60.3. The first kappa shape index (κ1) is 71.6. The molecule has 0 aromatic heterocycles. The zero-order valence-corrected chi connectivity index (χ0v) is 49.6. The number of ether oxygens (including phenoxy) is 3. The van der Waals surface area contributed by atoms with Crippen LogP contribution in [0.1, 0.15) is 316 Å². The van der Waals surface area contributed by atoms with Crippen molar-refractivity contribution in [3.05, 3.63) is 85.1 Å². The number of carbonyl (C=O) groups excluding carboxylic acids is 3. The van der Waals surface area contributed by atoms with Crippen molar-refractivity contribution < 1.29 is 28.6 Å². The maximum Gasteiger partial charge on any atom is 0.306 e. The van der Waals surface area contributed by atoms with E-state index in [-0.39, 0.29) is 37.5 Å². The summed E-state index contributed by atoms with van der Waals surface area (Å²) < 4.78 is 16.9. The molecule has 0 aliphatic heterocycles. The van der Waals surface area contributed by atoms with Gasteiger partial charge in [-0.1, -0.05) is 286 Å². The molecule has 0 heterocycles. The molecule has 0 fully saturated rings. The van der Waals surface area contributed by atoms with Crippen molar-refractivity contribution in [1.29, 1.82) is 0 Å². The van der Waals surface area contributed by atoms with E-state index in [0.717, 1.165) is 83.5 Å². The number of unbranched alkanes of at least 4 members (excludes halogenated alkanes) is 33. The van der Waals surface area contributed by atoms with Crippen LogP contribution in [0.5, 0.6) is 0 Å². The van der Waals surface area contributed by atoms with Crippen LogP contribution in [0.4, 0.5) is 0 Å². The van der Waals surface area contributed by atoms with Crippen molar-refractivity contribution in [2.24, 2.45) is 0 Å². The average molecular weight is 1050 g/mol. The number of esters is 3. The van der Waals surface area contributed by atoms with Crippen molar-refractivity contribution in [3.63, 3.8) is 0 Å². The summed E-state index contributed by atoms with van der Waals surface area (Å²) in [5.41, 5.74) is 0. The molecule has 0 amide bonds. The summed E-state index contributed by atoms with van der Waals surface area (Å²) in [4.78, 5) is 38.3. The summed E-state index contributed by atoms with van der Waals surface area (Å²) >= 11 is 0. The topological polar surface area (TPSA) is 78.9 Å². The monoisotopic (exact) mass is 1040 g/mol. The zero-order chi connectivity index (χ0) is 54.3. The highest BCUT2D eigenvalue weighted by molar-refractivity contribution is 5.71. The summed E-state index contributed by atoms with van der Waals surface area (Å²) in [6.45, 7) is 6.57. The number of allylic oxidation sites excluding steroid dienone is 14. The Balaban J connectivity index is 4.47. The van der Waals surface area contributed by atoms with E-state index in [4.69, 9.17) is 14.2 Å². The molecule has 0 bridgehead atoms. The fraction of sp³-hybridized carbons (Fsp3) is 0.754. The minimum atomic E-state index is -0.810. The van der Waals surface area contributed by atoms with E-state index in [1.807, 2.05) is 0 Å². The van der Waals surface area contributed by atoms with Gasteiger partial charge in [0, 0.05) is 19.3 Å². The molecule has 0 radical (unpaired) electrons. The molecule has 0 aromatic rings. The molecule has 0 saturated carbocycles. The van der Waals surface area contributed by atoms with Crippen molar-refractivity contribution in [2.45, 2.75) is 322 Å². The molecular formula is C69H120O6. The molecule has 0 aliphatic carbocycles. The fourth-order valence-electron chi connectivity index (χ4n) is 9.03. The van der Waals surface area contributed by atoms with Crippen LogP contribution < -0.4 is 0 Å². The number of carbonyl (C=O) groups is 3. The third kappa shape index (κ3) is 61.3. The van der Waals surface area contributed by atoms with Crippen molar-refractivity contribution in [3.8, 4) is 0 Å². The molecular weight excluding hydrogens is 925 g/mol. The predicted molar refractivity (Wildman–Crippen MR) is 325 cm³/mol. The van der Waals surface area contributed by atoms with Gasteiger partial charge in [0.15, 0.2) is 6.10 Å². The Morgan fingerprint density at radius 3 is 0.840 bits per heavy atom. The number of rotatable bonds is 58. The molecule has 0 aliphatic rings. The molecule has 0 saturated heterocycles. The molecule has 0 spiro atoms. The molecule has 6 nitrogen and oxygen atoms in total. The first-order chi connectivity index (χ1) is 37.0. The van der Waals surface area contributed by atoms with Gasteiger partial charge in [0.25, 0.3) is 0 Å². The van der Waals surface area contributed by atoms with Crippen LogP contribution in [0, 0.1) is 0 Å². The molecule has 432 valence electrons. The highest BCUT2D eigenvalue weighted by Crippen LogP contribution is 2.17. The SMILES string of the molecule is CCCCC/C=C\C/C=C\C/C=C\C/C=C\CCCCCC(=O)OC[C@H](COC(=O)CCC/C=C\C/C=C\C/C=C\CCCCCCCC)OC(=O)CCCCCCCCCCCCCCCCCCCCCCC. The fourth-order valence-corrected chi connectivity index (χ4v) is 9.03. The van der Waals surface area contributed by atoms with Gasteiger partial charge in [0.05, 0.1) is 0 Å². The van der Waals surface area contributed by atoms with Crippen LogP contribution >= 0.6 is 0 Å². The van der Waals surface area contributed by atoms with Crippen molar-refractivity contribution in [2.75, 3.05) is 13.2 Å². The van der Waals surface area contributed by atoms with Crippen LogP contribution in [-0.4, -0.2) is 37.2 Å². The van der Waals surface area contributed by atoms with Gasteiger partial charge in [-0.3, -0.25) is 14.4 Å². The highest BCUT2D eigenvalue weighted by Gasteiger charge is 2.19. The van der Waals surface area contributed by atoms with E-state index in [2.05, 4.69) is 106 Å². The van der Waals surface area contributed by atoms with Gasteiger partial charge in [-0.25, -0.2) is 0 Å². The first-order valence-corrected chi connectivity index (χ1v) is 32.1. The molecule has 6 heteroatoms. The van der Waals surface area contributed by atoms with E-state index < -0.39 is 6.10 Å². The second-order valence-corrected chi connectivity index (χ2v) is 21.3. The third-order valence-corrected chi connectivity index (χ3v) is 13.9. The lowest BCUT2D eigenvalue weighted by Crippen LogP contribution is -2.30. The molecule has 0 aromatic carbocycles. The maximum atomic E-state index is 12.9. The Hall–Kier alpha value is -3.41. The van der Waals surface area contributed by atoms with E-state index in [1.54, 1.807) is 0 Å². The summed E-state index contributed by atoms with van der Waals surface area (Å²) in [5, 5.41) is 0. The number of hydrogen-bond donors (Lipinski definition) is 0. The Morgan fingerprint density at radius 1 is 0.267 bits per heavy atom. The summed E-state index contributed by atoms with van der Waals surface area (Å²) in [7, 11) is 0. The number of hydrogen-bond acceptors (Lipinski definition) is 6. The molecule has 0 unspecified atom stereocenters. The zero-order valence-electron chi connectivity index (χ0n) is 49.6. The average Bonchev–Trinajstić information content (AvgIpc) is 3.41. The smallest absolute Gasteiger partial charge is 0.306 e. The van der Waals surface area contributed by atoms with Gasteiger partial charge in [-0.05, 0) is 96.3 Å². The van der Waals surface area contributed by atoms with Crippen LogP contribution in [0.3, 0.4) is 0 Å². The van der Waals surface area contributed by atoms with Gasteiger partial charge >= 0.3 is 17.9 Å². The second-order valence-electron chi connectivity index (χ2n) is 21.3. The van der Waals surface area contributed by atoms with Gasteiger partial charge in [-0.2, -0.15) is 0 Å². The Morgan fingerprint density at radius 2 is 0.493 bits per heavy atom. The standard InChI is InChI=1S/C69H120O6/c1-4-7-10-13-16-19-22-25-28-31-33-34-36-39-42-45-48-51-54-57-60-63-69(72)75-66(64-73-67(70)61-58-55-52-49-46-43-40-37-30-27-24-21-18-15-12-9-6-3)65-74-68(71)62-59-56-53-50-47-44-41-38-35-32-29-26-23-20-17-14-11-8-5-2/h17,20,26-27,29-30,35,38,40,43-44,47,49,52,66H,4-16,18-19,21-25,28,31-34,36-37,39,41-42,45-46,48,50-51,53-65H2,1-3H3/b20-17-,29-26-,30-27-,38-35-,43-40-,47-44-,52-49-/t66-/m0/s1. The summed E-state index contributed by atoms with van der Waals surface area (Å²) in [5.74, 6) is -0.974. The van der Waals surface area contributed by atoms with Crippen LogP contribution in [-0.2, 0) is 28.6 Å². The van der Waals surface area contributed by atoms with E-state index >= 15 is 0 Å². The van der Waals surface area contributed by atoms with Crippen LogP contribution in [0.2, 0.25) is 0 Å². The van der Waals surface area contributed by atoms with Crippen molar-refractivity contribution >= 4 is 17.9 Å². The van der Waals surface area contributed by atoms with E-state index in [1.165, 1.54) is 186 Å². The van der Waals surface area contributed by atoms with Gasteiger partial charge in [0.1, 0.15) is 13.2 Å².